The van der Waals surface area contributed by atoms with E-state index in [0.29, 0.717) is 30.4 Å². The molecule has 1 fully saturated rings. The molecule has 0 saturated carbocycles. The summed E-state index contributed by atoms with van der Waals surface area (Å²) < 4.78 is 1.48. The lowest BCUT2D eigenvalue weighted by molar-refractivity contribution is -0.130. The maximum Gasteiger partial charge on any atom is 0.260 e. The highest BCUT2D eigenvalue weighted by molar-refractivity contribution is 7.11. The smallest absolute Gasteiger partial charge is 0.260 e. The SMILES string of the molecule is Cc1ncc(CC(=O)N2CCN(c3ccc4c(=O)n(C)cnc4c3)CC2)s1. The fourth-order valence-corrected chi connectivity index (χ4v) is 4.14. The molecule has 1 aliphatic heterocycles. The third-order valence-corrected chi connectivity index (χ3v) is 5.81. The number of thiazole rings is 1. The van der Waals surface area contributed by atoms with E-state index in [1.54, 1.807) is 30.9 Å². The molecular weight excluding hydrogens is 362 g/mol. The number of anilines is 1. The Morgan fingerprint density at radius 2 is 1.96 bits per heavy atom. The van der Waals surface area contributed by atoms with Gasteiger partial charge in [-0.3, -0.25) is 9.59 Å². The van der Waals surface area contributed by atoms with Crippen LogP contribution < -0.4 is 10.5 Å². The van der Waals surface area contributed by atoms with Crippen molar-refractivity contribution in [3.63, 3.8) is 0 Å². The molecule has 8 heteroatoms. The molecule has 0 radical (unpaired) electrons. The van der Waals surface area contributed by atoms with Crippen molar-refractivity contribution in [1.29, 1.82) is 0 Å². The van der Waals surface area contributed by atoms with E-state index < -0.39 is 0 Å². The van der Waals surface area contributed by atoms with Crippen molar-refractivity contribution in [1.82, 2.24) is 19.4 Å². The first-order valence-corrected chi connectivity index (χ1v) is 9.72. The molecule has 0 atom stereocenters. The van der Waals surface area contributed by atoms with Crippen molar-refractivity contribution in [2.45, 2.75) is 13.3 Å². The second-order valence-corrected chi connectivity index (χ2v) is 8.07. The van der Waals surface area contributed by atoms with E-state index in [-0.39, 0.29) is 11.5 Å². The van der Waals surface area contributed by atoms with Gasteiger partial charge < -0.3 is 14.4 Å². The predicted molar refractivity (Wildman–Crippen MR) is 106 cm³/mol. The number of aryl methyl sites for hydroxylation is 2. The quantitative estimate of drug-likeness (QED) is 0.687. The van der Waals surface area contributed by atoms with E-state index in [1.165, 1.54) is 4.57 Å². The van der Waals surface area contributed by atoms with Crippen LogP contribution >= 0.6 is 11.3 Å². The summed E-state index contributed by atoms with van der Waals surface area (Å²) >= 11 is 1.58. The minimum atomic E-state index is -0.0414. The van der Waals surface area contributed by atoms with Gasteiger partial charge in [-0.25, -0.2) is 9.97 Å². The molecule has 7 nitrogen and oxygen atoms in total. The molecule has 140 valence electrons. The zero-order valence-corrected chi connectivity index (χ0v) is 16.2. The van der Waals surface area contributed by atoms with Crippen LogP contribution in [0, 0.1) is 6.92 Å². The number of aromatic nitrogens is 3. The van der Waals surface area contributed by atoms with Gasteiger partial charge in [0.05, 0.1) is 28.7 Å². The fraction of sp³-hybridized carbons (Fsp3) is 0.368. The topological polar surface area (TPSA) is 71.3 Å². The van der Waals surface area contributed by atoms with Gasteiger partial charge in [0.15, 0.2) is 0 Å². The van der Waals surface area contributed by atoms with Crippen LogP contribution in [0.4, 0.5) is 5.69 Å². The maximum atomic E-state index is 12.5. The fourth-order valence-electron chi connectivity index (χ4n) is 3.36. The van der Waals surface area contributed by atoms with E-state index in [2.05, 4.69) is 14.9 Å². The number of carbonyl (C=O) groups excluding carboxylic acids is 1. The number of fused-ring (bicyclic) bond motifs is 1. The van der Waals surface area contributed by atoms with E-state index in [4.69, 9.17) is 0 Å². The minimum absolute atomic E-state index is 0.0414. The van der Waals surface area contributed by atoms with E-state index >= 15 is 0 Å². The van der Waals surface area contributed by atoms with Crippen molar-refractivity contribution in [3.05, 3.63) is 51.0 Å². The predicted octanol–water partition coefficient (Wildman–Crippen LogP) is 1.59. The van der Waals surface area contributed by atoms with Crippen molar-refractivity contribution in [3.8, 4) is 0 Å². The number of carbonyl (C=O) groups is 1. The molecule has 3 heterocycles. The van der Waals surface area contributed by atoms with Crippen LogP contribution in [0.5, 0.6) is 0 Å². The number of benzene rings is 1. The van der Waals surface area contributed by atoms with Gasteiger partial charge in [-0.15, -0.1) is 11.3 Å². The van der Waals surface area contributed by atoms with Gasteiger partial charge in [-0.05, 0) is 25.1 Å². The Hall–Kier alpha value is -2.74. The average molecular weight is 383 g/mol. The lowest BCUT2D eigenvalue weighted by Crippen LogP contribution is -2.49. The zero-order valence-electron chi connectivity index (χ0n) is 15.4. The highest BCUT2D eigenvalue weighted by atomic mass is 32.1. The molecule has 2 aromatic heterocycles. The molecule has 4 rings (SSSR count). The Balaban J connectivity index is 1.43. The molecule has 1 aliphatic rings. The molecule has 1 aromatic carbocycles. The zero-order chi connectivity index (χ0) is 19.0. The third kappa shape index (κ3) is 3.57. The summed E-state index contributed by atoms with van der Waals surface area (Å²) in [5.74, 6) is 0.155. The molecule has 1 amide bonds. The van der Waals surface area contributed by atoms with E-state index in [9.17, 15) is 9.59 Å². The number of piperazine rings is 1. The molecular formula is C19H21N5O2S. The van der Waals surface area contributed by atoms with Gasteiger partial charge >= 0.3 is 0 Å². The summed E-state index contributed by atoms with van der Waals surface area (Å²) in [5, 5.41) is 1.61. The Labute approximate surface area is 160 Å². The van der Waals surface area contributed by atoms with Crippen molar-refractivity contribution < 1.29 is 4.79 Å². The molecule has 27 heavy (non-hydrogen) atoms. The summed E-state index contributed by atoms with van der Waals surface area (Å²) in [7, 11) is 1.70. The van der Waals surface area contributed by atoms with Crippen molar-refractivity contribution in [2.24, 2.45) is 7.05 Å². The summed E-state index contributed by atoms with van der Waals surface area (Å²) in [4.78, 5) is 38.4. The van der Waals surface area contributed by atoms with E-state index in [1.807, 2.05) is 30.0 Å². The number of rotatable bonds is 3. The lowest BCUT2D eigenvalue weighted by Gasteiger charge is -2.36. The maximum absolute atomic E-state index is 12.5. The first-order valence-electron chi connectivity index (χ1n) is 8.91. The number of hydrogen-bond donors (Lipinski definition) is 0. The van der Waals surface area contributed by atoms with Crippen LogP contribution in [-0.2, 0) is 18.3 Å². The molecule has 3 aromatic rings. The van der Waals surface area contributed by atoms with Gasteiger partial charge in [-0.1, -0.05) is 0 Å². The average Bonchev–Trinajstić information content (AvgIpc) is 3.09. The molecule has 0 bridgehead atoms. The van der Waals surface area contributed by atoms with Gasteiger partial charge in [-0.2, -0.15) is 0 Å². The highest BCUT2D eigenvalue weighted by Crippen LogP contribution is 2.21. The number of nitrogens with zero attached hydrogens (tertiary/aromatic N) is 5. The third-order valence-electron chi connectivity index (χ3n) is 4.89. The second kappa shape index (κ2) is 7.11. The summed E-state index contributed by atoms with van der Waals surface area (Å²) in [6.45, 7) is 4.87. The second-order valence-electron chi connectivity index (χ2n) is 6.75. The van der Waals surface area contributed by atoms with Gasteiger partial charge in [0.2, 0.25) is 5.91 Å². The van der Waals surface area contributed by atoms with Crippen LogP contribution in [0.15, 0.2) is 35.5 Å². The number of amides is 1. The molecule has 0 unspecified atom stereocenters. The Kier molecular flexibility index (Phi) is 4.65. The number of hydrogen-bond acceptors (Lipinski definition) is 6. The van der Waals surface area contributed by atoms with Gasteiger partial charge in [0.1, 0.15) is 0 Å². The highest BCUT2D eigenvalue weighted by Gasteiger charge is 2.22. The summed E-state index contributed by atoms with van der Waals surface area (Å²) in [5.41, 5.74) is 1.70. The largest absolute Gasteiger partial charge is 0.368 e. The van der Waals surface area contributed by atoms with Gasteiger partial charge in [0, 0.05) is 50.0 Å². The van der Waals surface area contributed by atoms with Crippen molar-refractivity contribution >= 4 is 33.8 Å². The van der Waals surface area contributed by atoms with Crippen LogP contribution in [0.1, 0.15) is 9.88 Å². The normalized spacial score (nSPS) is 14.7. The van der Waals surface area contributed by atoms with Crippen molar-refractivity contribution in [2.75, 3.05) is 31.1 Å². The summed E-state index contributed by atoms with van der Waals surface area (Å²) in [6.07, 6.45) is 3.77. The first-order chi connectivity index (χ1) is 13.0. The monoisotopic (exact) mass is 383 g/mol. The Morgan fingerprint density at radius 3 is 2.67 bits per heavy atom. The molecule has 0 aliphatic carbocycles. The van der Waals surface area contributed by atoms with Gasteiger partial charge in [0.25, 0.3) is 5.56 Å². The van der Waals surface area contributed by atoms with Crippen LogP contribution in [0.2, 0.25) is 0 Å². The summed E-state index contributed by atoms with van der Waals surface area (Å²) in [6, 6.07) is 5.75. The molecule has 0 spiro atoms. The minimum Gasteiger partial charge on any atom is -0.368 e. The van der Waals surface area contributed by atoms with Crippen LogP contribution in [-0.4, -0.2) is 51.5 Å². The van der Waals surface area contributed by atoms with Crippen LogP contribution in [0.25, 0.3) is 10.9 Å². The first kappa shape index (κ1) is 17.7. The molecule has 1 saturated heterocycles. The van der Waals surface area contributed by atoms with Crippen LogP contribution in [0.3, 0.4) is 0 Å². The van der Waals surface area contributed by atoms with E-state index in [0.717, 1.165) is 28.7 Å². The molecule has 0 N–H and O–H groups in total. The lowest BCUT2D eigenvalue weighted by atomic mass is 10.2. The Morgan fingerprint density at radius 1 is 1.19 bits per heavy atom. The Bertz CT molecular complexity index is 1050. The standard InChI is InChI=1S/C19H21N5O2S/c1-13-20-11-15(27-13)10-18(25)24-7-5-23(6-8-24)14-3-4-16-17(9-14)21-12-22(2)19(16)26/h3-4,9,11-12H,5-8,10H2,1-2H3.